The number of carbonyl (C=O) groups is 2. The summed E-state index contributed by atoms with van der Waals surface area (Å²) in [5.74, 6) is -0.768. The molecule has 0 spiro atoms. The van der Waals surface area contributed by atoms with E-state index in [4.69, 9.17) is 14.6 Å². The number of alkyl carbamates (subject to hydrolysis) is 1. The molecule has 0 radical (unpaired) electrons. The van der Waals surface area contributed by atoms with E-state index in [2.05, 4.69) is 11.9 Å². The van der Waals surface area contributed by atoms with Gasteiger partial charge < -0.3 is 19.9 Å². The van der Waals surface area contributed by atoms with Crippen molar-refractivity contribution in [2.24, 2.45) is 5.41 Å². The Morgan fingerprint density at radius 3 is 2.83 bits per heavy atom. The van der Waals surface area contributed by atoms with Crippen LogP contribution < -0.4 is 5.32 Å². The van der Waals surface area contributed by atoms with Gasteiger partial charge in [0.25, 0.3) is 0 Å². The Morgan fingerprint density at radius 2 is 2.22 bits per heavy atom. The molecule has 1 amide bonds. The summed E-state index contributed by atoms with van der Waals surface area (Å²) in [7, 11) is 0. The first-order valence-corrected chi connectivity index (χ1v) is 5.91. The van der Waals surface area contributed by atoms with Gasteiger partial charge in [0.05, 0.1) is 11.0 Å². The Bertz CT molecular complexity index is 373. The summed E-state index contributed by atoms with van der Waals surface area (Å²) in [4.78, 5) is 22.4. The highest BCUT2D eigenvalue weighted by molar-refractivity contribution is 5.77. The second kappa shape index (κ2) is 4.61. The summed E-state index contributed by atoms with van der Waals surface area (Å²) >= 11 is 0. The Hall–Kier alpha value is -1.56. The van der Waals surface area contributed by atoms with Crippen LogP contribution in [0.3, 0.4) is 0 Å². The molecule has 100 valence electrons. The lowest BCUT2D eigenvalue weighted by Gasteiger charge is -2.57. The van der Waals surface area contributed by atoms with Gasteiger partial charge in [0.15, 0.2) is 0 Å². The van der Waals surface area contributed by atoms with Gasteiger partial charge in [-0.25, -0.2) is 4.79 Å². The summed E-state index contributed by atoms with van der Waals surface area (Å²) in [5.41, 5.74) is -1.17. The third kappa shape index (κ3) is 2.20. The van der Waals surface area contributed by atoms with Crippen molar-refractivity contribution in [1.82, 2.24) is 5.32 Å². The number of aliphatic carboxylic acids is 1. The molecule has 2 saturated heterocycles. The maximum atomic E-state index is 11.3. The van der Waals surface area contributed by atoms with Gasteiger partial charge in [-0.2, -0.15) is 0 Å². The molecule has 6 heteroatoms. The highest BCUT2D eigenvalue weighted by Gasteiger charge is 2.62. The number of carboxylic acids is 1. The monoisotopic (exact) mass is 255 g/mol. The average Bonchev–Trinajstić information content (AvgIpc) is 2.33. The van der Waals surface area contributed by atoms with Gasteiger partial charge >= 0.3 is 12.1 Å². The molecule has 18 heavy (non-hydrogen) atoms. The van der Waals surface area contributed by atoms with Crippen LogP contribution in [0.4, 0.5) is 4.79 Å². The normalized spacial score (nSPS) is 33.1. The fourth-order valence-electron chi connectivity index (χ4n) is 2.78. The highest BCUT2D eigenvalue weighted by atomic mass is 16.5. The maximum absolute atomic E-state index is 11.3. The zero-order valence-electron chi connectivity index (χ0n) is 10.1. The second-order valence-electron chi connectivity index (χ2n) is 4.96. The van der Waals surface area contributed by atoms with E-state index in [1.165, 1.54) is 6.08 Å². The summed E-state index contributed by atoms with van der Waals surface area (Å²) in [6, 6.07) is 0. The van der Waals surface area contributed by atoms with Crippen molar-refractivity contribution >= 4 is 12.1 Å². The molecule has 3 fully saturated rings. The summed E-state index contributed by atoms with van der Waals surface area (Å²) in [6.45, 7) is 4.31. The number of ether oxygens (including phenoxy) is 2. The molecule has 1 aliphatic carbocycles. The van der Waals surface area contributed by atoms with Crippen LogP contribution in [0, 0.1) is 5.41 Å². The molecule has 2 bridgehead atoms. The van der Waals surface area contributed by atoms with Crippen molar-refractivity contribution in [3.05, 3.63) is 12.7 Å². The molecule has 0 atom stereocenters. The summed E-state index contributed by atoms with van der Waals surface area (Å²) in [5, 5.41) is 11.8. The average molecular weight is 255 g/mol. The molecule has 0 aromatic carbocycles. The van der Waals surface area contributed by atoms with Crippen LogP contribution in [0.5, 0.6) is 0 Å². The van der Waals surface area contributed by atoms with E-state index in [-0.39, 0.29) is 13.2 Å². The first-order chi connectivity index (χ1) is 8.52. The van der Waals surface area contributed by atoms with E-state index in [1.807, 2.05) is 0 Å². The highest BCUT2D eigenvalue weighted by Crippen LogP contribution is 2.56. The topological polar surface area (TPSA) is 84.9 Å². The van der Waals surface area contributed by atoms with Crippen LogP contribution in [0.15, 0.2) is 12.7 Å². The number of nitrogens with one attached hydrogen (secondary N) is 1. The molecule has 3 aliphatic rings. The third-order valence-electron chi connectivity index (χ3n) is 3.65. The van der Waals surface area contributed by atoms with Gasteiger partial charge in [0.1, 0.15) is 6.61 Å². The first kappa shape index (κ1) is 12.9. The predicted molar refractivity (Wildman–Crippen MR) is 62.2 cm³/mol. The van der Waals surface area contributed by atoms with Crippen LogP contribution in [0.1, 0.15) is 19.3 Å². The van der Waals surface area contributed by atoms with Gasteiger partial charge in [-0.3, -0.25) is 4.79 Å². The van der Waals surface area contributed by atoms with Gasteiger partial charge in [-0.1, -0.05) is 12.7 Å². The predicted octanol–water partition coefficient (Wildman–Crippen LogP) is 0.922. The minimum absolute atomic E-state index is 0.152. The fourth-order valence-corrected chi connectivity index (χ4v) is 2.78. The van der Waals surface area contributed by atoms with Crippen molar-refractivity contribution in [3.63, 3.8) is 0 Å². The molecule has 2 heterocycles. The van der Waals surface area contributed by atoms with Gasteiger partial charge in [0.2, 0.25) is 0 Å². The van der Waals surface area contributed by atoms with Crippen molar-refractivity contribution < 1.29 is 24.2 Å². The molecule has 1 saturated carbocycles. The molecule has 6 nitrogen and oxygen atoms in total. The lowest BCUT2D eigenvalue weighted by Crippen LogP contribution is -2.65. The smallest absolute Gasteiger partial charge is 0.407 e. The van der Waals surface area contributed by atoms with Crippen molar-refractivity contribution in [2.45, 2.75) is 24.9 Å². The Balaban J connectivity index is 1.82. The van der Waals surface area contributed by atoms with Crippen LogP contribution in [-0.4, -0.2) is 42.5 Å². The minimum atomic E-state index is -0.768. The third-order valence-corrected chi connectivity index (χ3v) is 3.65. The molecule has 2 aliphatic heterocycles. The van der Waals surface area contributed by atoms with E-state index in [1.54, 1.807) is 0 Å². The summed E-state index contributed by atoms with van der Waals surface area (Å²) in [6.07, 6.45) is 2.40. The van der Waals surface area contributed by atoms with E-state index >= 15 is 0 Å². The molecule has 0 aromatic rings. The van der Waals surface area contributed by atoms with E-state index in [9.17, 15) is 9.59 Å². The van der Waals surface area contributed by atoms with Crippen molar-refractivity contribution in [1.29, 1.82) is 0 Å². The van der Waals surface area contributed by atoms with Crippen molar-refractivity contribution in [3.8, 4) is 0 Å². The van der Waals surface area contributed by atoms with Crippen LogP contribution in [-0.2, 0) is 14.3 Å². The molecular weight excluding hydrogens is 238 g/mol. The molecule has 2 N–H and O–H groups in total. The summed E-state index contributed by atoms with van der Waals surface area (Å²) < 4.78 is 10.4. The molecule has 0 aromatic heterocycles. The SMILES string of the molecule is C=CCOC(=O)NCC12CC(C(=O)O)(CCO1)C2. The minimum Gasteiger partial charge on any atom is -0.481 e. The fraction of sp³-hybridized carbons (Fsp3) is 0.667. The number of fused-ring (bicyclic) bond motifs is 2. The second-order valence-corrected chi connectivity index (χ2v) is 4.96. The van der Waals surface area contributed by atoms with Gasteiger partial charge in [-0.05, 0) is 19.3 Å². The standard InChI is InChI=1S/C12H17NO5/c1-2-4-17-10(16)13-8-12-6-11(7-12,9(14)15)3-5-18-12/h2H,1,3-8H2,(H,13,16)(H,14,15). The van der Waals surface area contributed by atoms with E-state index < -0.39 is 23.1 Å². The Morgan fingerprint density at radius 1 is 1.50 bits per heavy atom. The van der Waals surface area contributed by atoms with Gasteiger partial charge in [-0.15, -0.1) is 0 Å². The maximum Gasteiger partial charge on any atom is 0.407 e. The largest absolute Gasteiger partial charge is 0.481 e. The van der Waals surface area contributed by atoms with Crippen LogP contribution in [0.2, 0.25) is 0 Å². The molecule has 3 rings (SSSR count). The number of hydrogen-bond donors (Lipinski definition) is 2. The van der Waals surface area contributed by atoms with E-state index in [0.29, 0.717) is 25.9 Å². The zero-order chi connectivity index (χ0) is 13.2. The number of amides is 1. The first-order valence-electron chi connectivity index (χ1n) is 5.91. The van der Waals surface area contributed by atoms with Crippen LogP contribution >= 0.6 is 0 Å². The number of carboxylic acid groups (broad SMARTS) is 1. The molecular formula is C12H17NO5. The Kier molecular flexibility index (Phi) is 3.30. The van der Waals surface area contributed by atoms with E-state index in [0.717, 1.165) is 0 Å². The van der Waals surface area contributed by atoms with Gasteiger partial charge in [0, 0.05) is 13.2 Å². The number of rotatable bonds is 5. The molecule has 0 unspecified atom stereocenters. The lowest BCUT2D eigenvalue weighted by molar-refractivity contribution is -0.229. The van der Waals surface area contributed by atoms with Crippen LogP contribution in [0.25, 0.3) is 0 Å². The Labute approximate surface area is 105 Å². The lowest BCUT2D eigenvalue weighted by atomic mass is 9.55. The quantitative estimate of drug-likeness (QED) is 0.714. The number of carbonyl (C=O) groups excluding carboxylic acids is 1. The number of hydrogen-bond acceptors (Lipinski definition) is 4. The van der Waals surface area contributed by atoms with Crippen molar-refractivity contribution in [2.75, 3.05) is 19.8 Å². The zero-order valence-corrected chi connectivity index (χ0v) is 10.1.